The standard InChI is InChI=1S/C12H23N3/c1-10(12(3,4)5)13-6-8-15-9-7-14-11(15)2/h7,9-10,13H,6,8H2,1-5H3. The lowest BCUT2D eigenvalue weighted by Crippen LogP contribution is -2.39. The Morgan fingerprint density at radius 2 is 2.13 bits per heavy atom. The molecule has 0 radical (unpaired) electrons. The first-order valence-electron chi connectivity index (χ1n) is 5.62. The lowest BCUT2D eigenvalue weighted by Gasteiger charge is -2.28. The first kappa shape index (κ1) is 12.2. The molecule has 15 heavy (non-hydrogen) atoms. The molecule has 1 rings (SSSR count). The molecule has 1 unspecified atom stereocenters. The van der Waals surface area contributed by atoms with Gasteiger partial charge >= 0.3 is 0 Å². The van der Waals surface area contributed by atoms with Crippen molar-refractivity contribution in [2.45, 2.75) is 47.2 Å². The number of rotatable bonds is 4. The summed E-state index contributed by atoms with van der Waals surface area (Å²) >= 11 is 0. The Balaban J connectivity index is 2.31. The Kier molecular flexibility index (Phi) is 3.91. The molecular weight excluding hydrogens is 186 g/mol. The highest BCUT2D eigenvalue weighted by Crippen LogP contribution is 2.18. The fraction of sp³-hybridized carbons (Fsp3) is 0.750. The van der Waals surface area contributed by atoms with Crippen LogP contribution in [0, 0.1) is 12.3 Å². The molecule has 0 aliphatic carbocycles. The maximum atomic E-state index is 4.20. The van der Waals surface area contributed by atoms with Gasteiger partial charge in [0.2, 0.25) is 0 Å². The zero-order chi connectivity index (χ0) is 11.5. The van der Waals surface area contributed by atoms with E-state index in [1.807, 2.05) is 19.3 Å². The SMILES string of the molecule is Cc1nccn1CCNC(C)C(C)(C)C. The minimum atomic E-state index is 0.323. The summed E-state index contributed by atoms with van der Waals surface area (Å²) in [5, 5.41) is 3.54. The van der Waals surface area contributed by atoms with E-state index in [-0.39, 0.29) is 0 Å². The van der Waals surface area contributed by atoms with E-state index in [1.54, 1.807) is 0 Å². The summed E-state index contributed by atoms with van der Waals surface area (Å²) in [5.41, 5.74) is 0.323. The van der Waals surface area contributed by atoms with Crippen LogP contribution in [0.25, 0.3) is 0 Å². The smallest absolute Gasteiger partial charge is 0.105 e. The van der Waals surface area contributed by atoms with Crippen LogP contribution in [0.2, 0.25) is 0 Å². The van der Waals surface area contributed by atoms with Gasteiger partial charge in [0.1, 0.15) is 5.82 Å². The maximum absolute atomic E-state index is 4.20. The summed E-state index contributed by atoms with van der Waals surface area (Å²) in [4.78, 5) is 4.20. The van der Waals surface area contributed by atoms with Crippen molar-refractivity contribution in [3.05, 3.63) is 18.2 Å². The second kappa shape index (κ2) is 4.79. The Bertz CT molecular complexity index is 296. The van der Waals surface area contributed by atoms with E-state index in [0.717, 1.165) is 18.9 Å². The number of aryl methyl sites for hydroxylation is 1. The third-order valence-electron chi connectivity index (χ3n) is 3.03. The molecule has 1 N–H and O–H groups in total. The number of hydrogen-bond donors (Lipinski definition) is 1. The summed E-state index contributed by atoms with van der Waals surface area (Å²) in [5.74, 6) is 1.08. The van der Waals surface area contributed by atoms with Crippen LogP contribution in [0.5, 0.6) is 0 Å². The van der Waals surface area contributed by atoms with Gasteiger partial charge in [-0.3, -0.25) is 0 Å². The predicted octanol–water partition coefficient (Wildman–Crippen LogP) is 2.22. The van der Waals surface area contributed by atoms with Crippen molar-refractivity contribution in [1.29, 1.82) is 0 Å². The predicted molar refractivity (Wildman–Crippen MR) is 63.9 cm³/mol. The van der Waals surface area contributed by atoms with Crippen LogP contribution in [0.4, 0.5) is 0 Å². The van der Waals surface area contributed by atoms with Crippen molar-refractivity contribution < 1.29 is 0 Å². The average Bonchev–Trinajstić information content (AvgIpc) is 2.50. The van der Waals surface area contributed by atoms with Crippen LogP contribution in [-0.4, -0.2) is 22.1 Å². The molecule has 3 nitrogen and oxygen atoms in total. The third-order valence-corrected chi connectivity index (χ3v) is 3.03. The van der Waals surface area contributed by atoms with E-state index in [2.05, 4.69) is 42.6 Å². The fourth-order valence-corrected chi connectivity index (χ4v) is 1.35. The highest BCUT2D eigenvalue weighted by molar-refractivity contribution is 4.88. The fourth-order valence-electron chi connectivity index (χ4n) is 1.35. The Morgan fingerprint density at radius 3 is 2.60 bits per heavy atom. The van der Waals surface area contributed by atoms with Crippen LogP contribution < -0.4 is 5.32 Å². The Hall–Kier alpha value is -0.830. The van der Waals surface area contributed by atoms with Crippen LogP contribution in [0.15, 0.2) is 12.4 Å². The van der Waals surface area contributed by atoms with E-state index in [1.165, 1.54) is 0 Å². The summed E-state index contributed by atoms with van der Waals surface area (Å²) in [6.07, 6.45) is 3.88. The number of imidazole rings is 1. The monoisotopic (exact) mass is 209 g/mol. The molecule has 1 aromatic rings. The Morgan fingerprint density at radius 1 is 1.47 bits per heavy atom. The highest BCUT2D eigenvalue weighted by Gasteiger charge is 2.18. The average molecular weight is 209 g/mol. The quantitative estimate of drug-likeness (QED) is 0.824. The third kappa shape index (κ3) is 3.67. The second-order valence-electron chi connectivity index (χ2n) is 5.21. The second-order valence-corrected chi connectivity index (χ2v) is 5.21. The van der Waals surface area contributed by atoms with Gasteiger partial charge in [0.15, 0.2) is 0 Å². The molecule has 0 aromatic carbocycles. The summed E-state index contributed by atoms with van der Waals surface area (Å²) in [7, 11) is 0. The van der Waals surface area contributed by atoms with Crippen molar-refractivity contribution in [1.82, 2.24) is 14.9 Å². The minimum absolute atomic E-state index is 0.323. The summed E-state index contributed by atoms with van der Waals surface area (Å²) in [6.45, 7) is 13.0. The van der Waals surface area contributed by atoms with E-state index in [4.69, 9.17) is 0 Å². The number of nitrogens with one attached hydrogen (secondary N) is 1. The lowest BCUT2D eigenvalue weighted by atomic mass is 9.88. The molecule has 1 aromatic heterocycles. The molecule has 0 fully saturated rings. The molecule has 0 saturated heterocycles. The molecular formula is C12H23N3. The zero-order valence-electron chi connectivity index (χ0n) is 10.5. The van der Waals surface area contributed by atoms with Crippen molar-refractivity contribution in [2.75, 3.05) is 6.54 Å². The van der Waals surface area contributed by atoms with Crippen LogP contribution in [-0.2, 0) is 6.54 Å². The van der Waals surface area contributed by atoms with Crippen molar-refractivity contribution in [3.63, 3.8) is 0 Å². The first-order chi connectivity index (χ1) is 6.91. The molecule has 0 saturated carbocycles. The maximum Gasteiger partial charge on any atom is 0.105 e. The molecule has 0 bridgehead atoms. The molecule has 0 spiro atoms. The van der Waals surface area contributed by atoms with E-state index in [9.17, 15) is 0 Å². The number of hydrogen-bond acceptors (Lipinski definition) is 2. The number of nitrogens with zero attached hydrogens (tertiary/aromatic N) is 2. The molecule has 0 aliphatic rings. The molecule has 86 valence electrons. The van der Waals surface area contributed by atoms with Crippen molar-refractivity contribution >= 4 is 0 Å². The first-order valence-corrected chi connectivity index (χ1v) is 5.62. The van der Waals surface area contributed by atoms with Gasteiger partial charge in [-0.15, -0.1) is 0 Å². The van der Waals surface area contributed by atoms with E-state index >= 15 is 0 Å². The van der Waals surface area contributed by atoms with Gasteiger partial charge in [-0.1, -0.05) is 20.8 Å². The normalized spacial score (nSPS) is 14.2. The van der Waals surface area contributed by atoms with Crippen LogP contribution >= 0.6 is 0 Å². The van der Waals surface area contributed by atoms with Gasteiger partial charge in [-0.2, -0.15) is 0 Å². The zero-order valence-corrected chi connectivity index (χ0v) is 10.5. The molecule has 1 atom stereocenters. The number of aromatic nitrogens is 2. The molecule has 0 amide bonds. The van der Waals surface area contributed by atoms with Gasteiger partial charge < -0.3 is 9.88 Å². The van der Waals surface area contributed by atoms with Gasteiger partial charge in [0.05, 0.1) is 0 Å². The van der Waals surface area contributed by atoms with Gasteiger partial charge in [0, 0.05) is 31.5 Å². The van der Waals surface area contributed by atoms with Crippen molar-refractivity contribution in [2.24, 2.45) is 5.41 Å². The topological polar surface area (TPSA) is 29.9 Å². The van der Waals surface area contributed by atoms with Gasteiger partial charge in [0.25, 0.3) is 0 Å². The summed E-state index contributed by atoms with van der Waals surface area (Å²) < 4.78 is 2.17. The lowest BCUT2D eigenvalue weighted by molar-refractivity contribution is 0.284. The molecule has 1 heterocycles. The summed E-state index contributed by atoms with van der Waals surface area (Å²) in [6, 6.07) is 0.529. The van der Waals surface area contributed by atoms with Crippen LogP contribution in [0.1, 0.15) is 33.5 Å². The van der Waals surface area contributed by atoms with Crippen molar-refractivity contribution in [3.8, 4) is 0 Å². The highest BCUT2D eigenvalue weighted by atomic mass is 15.1. The van der Waals surface area contributed by atoms with E-state index < -0.39 is 0 Å². The van der Waals surface area contributed by atoms with Crippen LogP contribution in [0.3, 0.4) is 0 Å². The molecule has 3 heteroatoms. The van der Waals surface area contributed by atoms with Gasteiger partial charge in [-0.25, -0.2) is 4.98 Å². The largest absolute Gasteiger partial charge is 0.334 e. The Labute approximate surface area is 92.9 Å². The van der Waals surface area contributed by atoms with Gasteiger partial charge in [-0.05, 0) is 19.3 Å². The minimum Gasteiger partial charge on any atom is -0.334 e. The van der Waals surface area contributed by atoms with E-state index in [0.29, 0.717) is 11.5 Å². The molecule has 0 aliphatic heterocycles.